The molecule has 8 nitrogen and oxygen atoms in total. The van der Waals surface area contributed by atoms with Crippen molar-refractivity contribution in [1.82, 2.24) is 15.3 Å². The van der Waals surface area contributed by atoms with Crippen LogP contribution in [0, 0.1) is 5.92 Å². The van der Waals surface area contributed by atoms with Crippen molar-refractivity contribution in [2.24, 2.45) is 5.92 Å². The van der Waals surface area contributed by atoms with E-state index >= 15 is 0 Å². The normalized spacial score (nSPS) is 12.0. The lowest BCUT2D eigenvalue weighted by Crippen LogP contribution is -2.45. The largest absolute Gasteiger partial charge is 0.456 e. The van der Waals surface area contributed by atoms with Gasteiger partial charge >= 0.3 is 12.1 Å². The molecule has 0 bridgehead atoms. The number of benzene rings is 1. The second-order valence-corrected chi connectivity index (χ2v) is 7.60. The van der Waals surface area contributed by atoms with Gasteiger partial charge in [0.1, 0.15) is 29.8 Å². The number of alkyl carbamates (subject to hydrolysis) is 1. The highest BCUT2D eigenvalue weighted by Crippen LogP contribution is 2.14. The van der Waals surface area contributed by atoms with Crippen LogP contribution in [-0.4, -0.2) is 28.1 Å². The molecule has 0 saturated heterocycles. The SMILES string of the molecule is CC(C)[C@H](NC(=O)OCc1ccccc1)C(=O)OCc1nc2ccsc2c(=O)[nH]1. The van der Waals surface area contributed by atoms with Crippen LogP contribution >= 0.6 is 11.3 Å². The fourth-order valence-electron chi connectivity index (χ4n) is 2.61. The van der Waals surface area contributed by atoms with Gasteiger partial charge in [-0.15, -0.1) is 11.3 Å². The van der Waals surface area contributed by atoms with Crippen LogP contribution in [0.15, 0.2) is 46.6 Å². The Morgan fingerprint density at radius 3 is 2.62 bits per heavy atom. The van der Waals surface area contributed by atoms with Gasteiger partial charge < -0.3 is 19.8 Å². The summed E-state index contributed by atoms with van der Waals surface area (Å²) in [6, 6.07) is 10.1. The van der Waals surface area contributed by atoms with Crippen molar-refractivity contribution >= 4 is 33.6 Å². The first kappa shape index (κ1) is 20.5. The highest BCUT2D eigenvalue weighted by molar-refractivity contribution is 7.17. The maximum atomic E-state index is 12.5. The number of amides is 1. The lowest BCUT2D eigenvalue weighted by Gasteiger charge is -2.20. The van der Waals surface area contributed by atoms with Crippen LogP contribution in [0.1, 0.15) is 25.2 Å². The maximum absolute atomic E-state index is 12.5. The average Bonchev–Trinajstić information content (AvgIpc) is 3.18. The molecule has 3 rings (SSSR count). The summed E-state index contributed by atoms with van der Waals surface area (Å²) >= 11 is 1.29. The van der Waals surface area contributed by atoms with Crippen LogP contribution in [0.2, 0.25) is 0 Å². The zero-order valence-electron chi connectivity index (χ0n) is 16.0. The fraction of sp³-hybridized carbons (Fsp3) is 0.300. The molecule has 1 amide bonds. The Hall–Kier alpha value is -3.20. The molecule has 2 heterocycles. The van der Waals surface area contributed by atoms with E-state index in [-0.39, 0.29) is 30.5 Å². The summed E-state index contributed by atoms with van der Waals surface area (Å²) < 4.78 is 10.9. The number of aromatic amines is 1. The van der Waals surface area contributed by atoms with Gasteiger partial charge in [-0.25, -0.2) is 14.6 Å². The molecular formula is C20H21N3O5S. The summed E-state index contributed by atoms with van der Waals surface area (Å²) in [5.74, 6) is -0.619. The van der Waals surface area contributed by atoms with E-state index in [0.29, 0.717) is 10.2 Å². The molecule has 0 radical (unpaired) electrons. The van der Waals surface area contributed by atoms with E-state index in [1.165, 1.54) is 11.3 Å². The molecule has 2 N–H and O–H groups in total. The van der Waals surface area contributed by atoms with E-state index < -0.39 is 18.1 Å². The Balaban J connectivity index is 1.57. The van der Waals surface area contributed by atoms with E-state index in [1.807, 2.05) is 30.3 Å². The molecule has 152 valence electrons. The van der Waals surface area contributed by atoms with Crippen molar-refractivity contribution in [2.45, 2.75) is 33.1 Å². The van der Waals surface area contributed by atoms with Crippen molar-refractivity contribution in [2.75, 3.05) is 0 Å². The molecule has 29 heavy (non-hydrogen) atoms. The van der Waals surface area contributed by atoms with E-state index in [9.17, 15) is 14.4 Å². The first-order valence-electron chi connectivity index (χ1n) is 9.04. The molecule has 9 heteroatoms. The smallest absolute Gasteiger partial charge is 0.408 e. The van der Waals surface area contributed by atoms with Crippen LogP contribution in [0.5, 0.6) is 0 Å². The second kappa shape index (κ2) is 9.33. The van der Waals surface area contributed by atoms with Gasteiger partial charge in [-0.3, -0.25) is 4.79 Å². The summed E-state index contributed by atoms with van der Waals surface area (Å²) in [4.78, 5) is 43.4. The predicted molar refractivity (Wildman–Crippen MR) is 108 cm³/mol. The van der Waals surface area contributed by atoms with Gasteiger partial charge in [-0.05, 0) is 22.9 Å². The Kier molecular flexibility index (Phi) is 6.61. The quantitative estimate of drug-likeness (QED) is 0.574. The Bertz CT molecular complexity index is 1040. The topological polar surface area (TPSA) is 110 Å². The number of hydrogen-bond donors (Lipinski definition) is 2. The molecule has 1 aromatic carbocycles. The van der Waals surface area contributed by atoms with E-state index in [1.54, 1.807) is 25.3 Å². The molecule has 0 aliphatic rings. The van der Waals surface area contributed by atoms with Gasteiger partial charge in [-0.1, -0.05) is 44.2 Å². The Morgan fingerprint density at radius 2 is 1.90 bits per heavy atom. The Labute approximate surface area is 170 Å². The van der Waals surface area contributed by atoms with Crippen LogP contribution in [0.25, 0.3) is 10.2 Å². The van der Waals surface area contributed by atoms with Crippen LogP contribution < -0.4 is 10.9 Å². The number of rotatable bonds is 7. The van der Waals surface area contributed by atoms with Gasteiger partial charge in [0.2, 0.25) is 0 Å². The highest BCUT2D eigenvalue weighted by Gasteiger charge is 2.26. The van der Waals surface area contributed by atoms with Crippen molar-refractivity contribution in [3.8, 4) is 0 Å². The number of esters is 1. The number of H-pyrrole nitrogens is 1. The third kappa shape index (κ3) is 5.41. The van der Waals surface area contributed by atoms with Crippen LogP contribution in [-0.2, 0) is 27.5 Å². The van der Waals surface area contributed by atoms with Crippen molar-refractivity contribution in [1.29, 1.82) is 0 Å². The van der Waals surface area contributed by atoms with Gasteiger partial charge in [0.25, 0.3) is 5.56 Å². The number of carbonyl (C=O) groups excluding carboxylic acids is 2. The molecule has 0 spiro atoms. The lowest BCUT2D eigenvalue weighted by molar-refractivity contribution is -0.148. The summed E-state index contributed by atoms with van der Waals surface area (Å²) in [7, 11) is 0. The first-order chi connectivity index (χ1) is 13.9. The molecule has 2 aromatic heterocycles. The molecule has 0 unspecified atom stereocenters. The molecule has 0 aliphatic heterocycles. The monoisotopic (exact) mass is 415 g/mol. The molecule has 0 saturated carbocycles. The van der Waals surface area contributed by atoms with Gasteiger partial charge in [0.15, 0.2) is 0 Å². The first-order valence-corrected chi connectivity index (χ1v) is 9.92. The van der Waals surface area contributed by atoms with Gasteiger partial charge in [0.05, 0.1) is 5.52 Å². The number of ether oxygens (including phenoxy) is 2. The molecular weight excluding hydrogens is 394 g/mol. The zero-order valence-corrected chi connectivity index (χ0v) is 16.8. The third-order valence-electron chi connectivity index (χ3n) is 4.12. The maximum Gasteiger partial charge on any atom is 0.408 e. The van der Waals surface area contributed by atoms with E-state index in [0.717, 1.165) is 5.56 Å². The van der Waals surface area contributed by atoms with E-state index in [2.05, 4.69) is 15.3 Å². The lowest BCUT2D eigenvalue weighted by atomic mass is 10.1. The summed E-state index contributed by atoms with van der Waals surface area (Å²) in [6.07, 6.45) is -0.712. The second-order valence-electron chi connectivity index (χ2n) is 6.68. The van der Waals surface area contributed by atoms with Gasteiger partial charge in [-0.2, -0.15) is 0 Å². The summed E-state index contributed by atoms with van der Waals surface area (Å²) in [5.41, 5.74) is 1.11. The number of fused-ring (bicyclic) bond motifs is 1. The number of aromatic nitrogens is 2. The molecule has 0 aliphatic carbocycles. The third-order valence-corrected chi connectivity index (χ3v) is 5.02. The van der Waals surface area contributed by atoms with Gasteiger partial charge in [0, 0.05) is 0 Å². The van der Waals surface area contributed by atoms with Crippen molar-refractivity contribution in [3.63, 3.8) is 0 Å². The van der Waals surface area contributed by atoms with Crippen molar-refractivity contribution in [3.05, 3.63) is 63.5 Å². The minimum atomic E-state index is -0.894. The van der Waals surface area contributed by atoms with Crippen LogP contribution in [0.3, 0.4) is 0 Å². The number of carbonyl (C=O) groups is 2. The zero-order chi connectivity index (χ0) is 20.8. The number of nitrogens with zero attached hydrogens (tertiary/aromatic N) is 1. The fourth-order valence-corrected chi connectivity index (χ4v) is 3.33. The average molecular weight is 415 g/mol. The molecule has 1 atom stereocenters. The standard InChI is InChI=1S/C20H21N3O5S/c1-12(2)16(23-20(26)28-10-13-6-4-3-5-7-13)19(25)27-11-15-21-14-8-9-29-17(14)18(24)22-15/h3-9,12,16H,10-11H2,1-2H3,(H,23,26)(H,21,22,24)/t16-/m0/s1. The number of nitrogens with one attached hydrogen (secondary N) is 2. The van der Waals surface area contributed by atoms with E-state index in [4.69, 9.17) is 9.47 Å². The summed E-state index contributed by atoms with van der Waals surface area (Å²) in [5, 5.41) is 4.30. The minimum absolute atomic E-state index is 0.0956. The predicted octanol–water partition coefficient (Wildman–Crippen LogP) is 2.98. The molecule has 0 fully saturated rings. The van der Waals surface area contributed by atoms with Crippen molar-refractivity contribution < 1.29 is 19.1 Å². The number of hydrogen-bond acceptors (Lipinski definition) is 7. The summed E-state index contributed by atoms with van der Waals surface area (Å²) in [6.45, 7) is 3.45. The minimum Gasteiger partial charge on any atom is -0.456 e. The Morgan fingerprint density at radius 1 is 1.14 bits per heavy atom. The molecule has 3 aromatic rings. The highest BCUT2D eigenvalue weighted by atomic mass is 32.1. The van der Waals surface area contributed by atoms with Crippen LogP contribution in [0.4, 0.5) is 4.79 Å². The number of thiophene rings is 1.